The van der Waals surface area contributed by atoms with Crippen LogP contribution in [0, 0.1) is 0 Å². The molecule has 0 radical (unpaired) electrons. The maximum atomic E-state index is 12.6. The molecule has 1 aromatic carbocycles. The molecule has 0 fully saturated rings. The Hall–Kier alpha value is -3.03. The standard InChI is InChI=1S/C22H21Cl3N6O5S/c1-2-5-29-37(35,36)19-8-18(27-11-28-19)30-17(22(33)34)7-12-3-4-16(13(23)6-12)31-21(32)20-14(24)9-26-10-15(20)25/h3-4,6,8-11,17,29H,2,5,7H2,1H3,(H,31,32)(H,33,34)(H,27,28,30). The zero-order valence-corrected chi connectivity index (χ0v) is 22.3. The van der Waals surface area contributed by atoms with Gasteiger partial charge < -0.3 is 15.7 Å². The molecule has 4 N–H and O–H groups in total. The number of rotatable bonds is 11. The van der Waals surface area contributed by atoms with Gasteiger partial charge >= 0.3 is 5.97 Å². The van der Waals surface area contributed by atoms with Gasteiger partial charge in [-0.1, -0.05) is 47.8 Å². The molecule has 0 aliphatic heterocycles. The maximum absolute atomic E-state index is 12.6. The summed E-state index contributed by atoms with van der Waals surface area (Å²) >= 11 is 18.4. The van der Waals surface area contributed by atoms with E-state index >= 15 is 0 Å². The fraction of sp³-hybridized carbons (Fsp3) is 0.227. The van der Waals surface area contributed by atoms with E-state index in [9.17, 15) is 23.1 Å². The van der Waals surface area contributed by atoms with Crippen LogP contribution in [-0.2, 0) is 21.2 Å². The van der Waals surface area contributed by atoms with Crippen LogP contribution in [0.4, 0.5) is 11.5 Å². The Bertz CT molecular complexity index is 1400. The second-order valence-electron chi connectivity index (χ2n) is 7.63. The van der Waals surface area contributed by atoms with E-state index in [2.05, 4.69) is 30.3 Å². The SMILES string of the molecule is CCCNS(=O)(=O)c1cc(NC(Cc2ccc(NC(=O)c3c(Cl)cncc3Cl)c(Cl)c2)C(=O)O)ncn1. The van der Waals surface area contributed by atoms with Crippen LogP contribution in [-0.4, -0.2) is 52.9 Å². The highest BCUT2D eigenvalue weighted by Crippen LogP contribution is 2.28. The molecule has 0 saturated carbocycles. The zero-order chi connectivity index (χ0) is 27.2. The molecule has 2 heterocycles. The minimum absolute atomic E-state index is 0.0142. The third kappa shape index (κ3) is 7.49. The van der Waals surface area contributed by atoms with Crippen molar-refractivity contribution in [1.29, 1.82) is 0 Å². The van der Waals surface area contributed by atoms with E-state index in [0.29, 0.717) is 12.0 Å². The molecule has 0 aliphatic carbocycles. The van der Waals surface area contributed by atoms with Crippen molar-refractivity contribution in [2.45, 2.75) is 30.8 Å². The van der Waals surface area contributed by atoms with Gasteiger partial charge in [-0.05, 0) is 24.1 Å². The van der Waals surface area contributed by atoms with Gasteiger partial charge in [-0.15, -0.1) is 0 Å². The molecule has 2 aromatic heterocycles. The van der Waals surface area contributed by atoms with Gasteiger partial charge in [0.1, 0.15) is 18.2 Å². The zero-order valence-electron chi connectivity index (χ0n) is 19.2. The number of carboxylic acids is 1. The van der Waals surface area contributed by atoms with Crippen molar-refractivity contribution >= 4 is 68.2 Å². The van der Waals surface area contributed by atoms with Gasteiger partial charge in [0, 0.05) is 31.4 Å². The number of pyridine rings is 1. The van der Waals surface area contributed by atoms with Gasteiger partial charge in [-0.3, -0.25) is 9.78 Å². The first kappa shape index (κ1) is 28.5. The Morgan fingerprint density at radius 1 is 1.05 bits per heavy atom. The van der Waals surface area contributed by atoms with E-state index in [1.54, 1.807) is 6.07 Å². The fourth-order valence-corrected chi connectivity index (χ4v) is 4.95. The number of amides is 1. The summed E-state index contributed by atoms with van der Waals surface area (Å²) in [5.41, 5.74) is 0.809. The molecule has 1 atom stereocenters. The largest absolute Gasteiger partial charge is 0.480 e. The Balaban J connectivity index is 1.75. The molecule has 1 amide bonds. The first-order valence-corrected chi connectivity index (χ1v) is 13.3. The minimum atomic E-state index is -3.87. The van der Waals surface area contributed by atoms with Crippen molar-refractivity contribution in [3.05, 3.63) is 69.2 Å². The number of nitrogens with zero attached hydrogens (tertiary/aromatic N) is 3. The van der Waals surface area contributed by atoms with Gasteiger partial charge in [0.25, 0.3) is 15.9 Å². The van der Waals surface area contributed by atoms with Crippen LogP contribution < -0.4 is 15.4 Å². The number of anilines is 2. The molecule has 196 valence electrons. The summed E-state index contributed by atoms with van der Waals surface area (Å²) in [6.45, 7) is 2.04. The van der Waals surface area contributed by atoms with Gasteiger partial charge in [-0.2, -0.15) is 0 Å². The summed E-state index contributed by atoms with van der Waals surface area (Å²) < 4.78 is 27.0. The number of carbonyl (C=O) groups is 2. The molecule has 0 saturated heterocycles. The van der Waals surface area contributed by atoms with Gasteiger partial charge in [-0.25, -0.2) is 27.9 Å². The lowest BCUT2D eigenvalue weighted by molar-refractivity contribution is -0.137. The predicted molar refractivity (Wildman–Crippen MR) is 140 cm³/mol. The topological polar surface area (TPSA) is 163 Å². The van der Waals surface area contributed by atoms with Crippen LogP contribution >= 0.6 is 34.8 Å². The monoisotopic (exact) mass is 586 g/mol. The number of sulfonamides is 1. The number of carbonyl (C=O) groups excluding carboxylic acids is 1. The smallest absolute Gasteiger partial charge is 0.326 e. The number of halogens is 3. The van der Waals surface area contributed by atoms with E-state index in [1.807, 2.05) is 6.92 Å². The number of aliphatic carboxylic acids is 1. The fourth-order valence-electron chi connectivity index (χ4n) is 3.09. The van der Waals surface area contributed by atoms with E-state index in [1.165, 1.54) is 24.5 Å². The first-order valence-electron chi connectivity index (χ1n) is 10.7. The van der Waals surface area contributed by atoms with E-state index in [4.69, 9.17) is 34.8 Å². The molecule has 0 spiro atoms. The van der Waals surface area contributed by atoms with Crippen molar-refractivity contribution in [2.75, 3.05) is 17.2 Å². The number of benzene rings is 1. The second kappa shape index (κ2) is 12.5. The number of nitrogens with one attached hydrogen (secondary N) is 3. The third-order valence-electron chi connectivity index (χ3n) is 4.88. The van der Waals surface area contributed by atoms with E-state index in [-0.39, 0.29) is 50.1 Å². The normalized spacial score (nSPS) is 12.1. The summed E-state index contributed by atoms with van der Waals surface area (Å²) in [6.07, 6.45) is 4.14. The van der Waals surface area contributed by atoms with Gasteiger partial charge in [0.05, 0.1) is 26.3 Å². The van der Waals surface area contributed by atoms with Gasteiger partial charge in [0.2, 0.25) is 0 Å². The van der Waals surface area contributed by atoms with Crippen LogP contribution in [0.1, 0.15) is 29.3 Å². The molecule has 11 nitrogen and oxygen atoms in total. The van der Waals surface area contributed by atoms with Gasteiger partial charge in [0.15, 0.2) is 5.03 Å². The molecule has 3 aromatic rings. The molecular weight excluding hydrogens is 567 g/mol. The van der Waals surface area contributed by atoms with Crippen LogP contribution in [0.25, 0.3) is 0 Å². The molecule has 0 aliphatic rings. The summed E-state index contributed by atoms with van der Waals surface area (Å²) in [5, 5.41) is 15.0. The second-order valence-corrected chi connectivity index (χ2v) is 10.6. The van der Waals surface area contributed by atoms with Crippen LogP contribution in [0.3, 0.4) is 0 Å². The highest BCUT2D eigenvalue weighted by Gasteiger charge is 2.22. The first-order chi connectivity index (χ1) is 17.5. The minimum Gasteiger partial charge on any atom is -0.480 e. The lowest BCUT2D eigenvalue weighted by atomic mass is 10.1. The Morgan fingerprint density at radius 3 is 2.38 bits per heavy atom. The number of aromatic nitrogens is 3. The molecular formula is C22H21Cl3N6O5S. The maximum Gasteiger partial charge on any atom is 0.326 e. The van der Waals surface area contributed by atoms with E-state index in [0.717, 1.165) is 12.4 Å². The molecule has 1 unspecified atom stereocenters. The van der Waals surface area contributed by atoms with Crippen LogP contribution in [0.2, 0.25) is 15.1 Å². The van der Waals surface area contributed by atoms with Crippen molar-refractivity contribution in [1.82, 2.24) is 19.7 Å². The molecule has 0 bridgehead atoms. The Morgan fingerprint density at radius 2 is 1.76 bits per heavy atom. The average Bonchev–Trinajstić information content (AvgIpc) is 2.84. The average molecular weight is 588 g/mol. The summed E-state index contributed by atoms with van der Waals surface area (Å²) in [5.74, 6) is -1.79. The Labute approximate surface area is 227 Å². The third-order valence-corrected chi connectivity index (χ3v) is 7.13. The van der Waals surface area contributed by atoms with Crippen LogP contribution in [0.15, 0.2) is 48.0 Å². The lowest BCUT2D eigenvalue weighted by Crippen LogP contribution is -2.32. The molecule has 3 rings (SSSR count). The number of hydrogen-bond acceptors (Lipinski definition) is 8. The molecule has 15 heteroatoms. The van der Waals surface area contributed by atoms with Crippen molar-refractivity contribution in [3.63, 3.8) is 0 Å². The predicted octanol–water partition coefficient (Wildman–Crippen LogP) is 3.88. The van der Waals surface area contributed by atoms with E-state index < -0.39 is 27.9 Å². The van der Waals surface area contributed by atoms with Crippen molar-refractivity contribution in [3.8, 4) is 0 Å². The summed E-state index contributed by atoms with van der Waals surface area (Å²) in [6, 6.07) is 4.55. The summed E-state index contributed by atoms with van der Waals surface area (Å²) in [4.78, 5) is 36.0. The quantitative estimate of drug-likeness (QED) is 0.244. The van der Waals surface area contributed by atoms with Crippen molar-refractivity contribution in [2.24, 2.45) is 0 Å². The van der Waals surface area contributed by atoms with Crippen molar-refractivity contribution < 1.29 is 23.1 Å². The lowest BCUT2D eigenvalue weighted by Gasteiger charge is -2.16. The van der Waals surface area contributed by atoms with Crippen LogP contribution in [0.5, 0.6) is 0 Å². The summed E-state index contributed by atoms with van der Waals surface area (Å²) in [7, 11) is -3.87. The Kier molecular flexibility index (Phi) is 9.62. The highest BCUT2D eigenvalue weighted by atomic mass is 35.5. The highest BCUT2D eigenvalue weighted by molar-refractivity contribution is 7.89. The number of hydrogen-bond donors (Lipinski definition) is 4. The molecule has 37 heavy (non-hydrogen) atoms. The number of carboxylic acid groups (broad SMARTS) is 1.